The Morgan fingerprint density at radius 1 is 0.759 bits per heavy atom. The molecule has 1 aliphatic heterocycles. The van der Waals surface area contributed by atoms with Crippen molar-refractivity contribution in [1.82, 2.24) is 0 Å². The molecule has 0 spiro atoms. The molecular formula is C19H28O10. The number of carbonyl (C=O) groups excluding carboxylic acids is 4. The van der Waals surface area contributed by atoms with E-state index in [-0.39, 0.29) is 6.10 Å². The number of hydrogen-bond acceptors (Lipinski definition) is 10. The van der Waals surface area contributed by atoms with Crippen LogP contribution in [0.15, 0.2) is 0 Å². The van der Waals surface area contributed by atoms with Crippen LogP contribution in [-0.4, -0.2) is 67.8 Å². The summed E-state index contributed by atoms with van der Waals surface area (Å²) >= 11 is 0. The number of methoxy groups -OCH3 is 1. The van der Waals surface area contributed by atoms with E-state index in [4.69, 9.17) is 28.4 Å². The summed E-state index contributed by atoms with van der Waals surface area (Å²) in [5, 5.41) is 0. The summed E-state index contributed by atoms with van der Waals surface area (Å²) in [7, 11) is 1.15. The molecule has 0 aromatic heterocycles. The first-order chi connectivity index (χ1) is 13.7. The molecular weight excluding hydrogens is 388 g/mol. The lowest BCUT2D eigenvalue weighted by molar-refractivity contribution is -0.311. The van der Waals surface area contributed by atoms with E-state index >= 15 is 0 Å². The van der Waals surface area contributed by atoms with Crippen molar-refractivity contribution in [2.24, 2.45) is 0 Å². The van der Waals surface area contributed by atoms with Gasteiger partial charge in [-0.2, -0.15) is 0 Å². The lowest BCUT2D eigenvalue weighted by Crippen LogP contribution is -2.64. The maximum absolute atomic E-state index is 12.3. The number of rotatable bonds is 6. The van der Waals surface area contributed by atoms with Crippen molar-refractivity contribution in [2.45, 2.75) is 89.7 Å². The van der Waals surface area contributed by atoms with Gasteiger partial charge in [-0.15, -0.1) is 0 Å². The highest BCUT2D eigenvalue weighted by Gasteiger charge is 2.55. The van der Waals surface area contributed by atoms with Crippen molar-refractivity contribution in [3.8, 4) is 0 Å². The summed E-state index contributed by atoms with van der Waals surface area (Å²) in [6, 6.07) is 0. The molecule has 0 unspecified atom stereocenters. The van der Waals surface area contributed by atoms with Crippen LogP contribution in [0, 0.1) is 0 Å². The largest absolute Gasteiger partial charge is 0.467 e. The number of hydrogen-bond donors (Lipinski definition) is 0. The summed E-state index contributed by atoms with van der Waals surface area (Å²) in [6.45, 7) is 3.45. The van der Waals surface area contributed by atoms with Gasteiger partial charge in [0, 0.05) is 20.8 Å². The molecule has 0 N–H and O–H groups in total. The highest BCUT2D eigenvalue weighted by molar-refractivity contribution is 5.77. The van der Waals surface area contributed by atoms with Gasteiger partial charge in [-0.3, -0.25) is 14.4 Å². The van der Waals surface area contributed by atoms with Gasteiger partial charge in [0.25, 0.3) is 0 Å². The zero-order valence-corrected chi connectivity index (χ0v) is 17.1. The molecule has 1 saturated carbocycles. The van der Waals surface area contributed by atoms with Crippen LogP contribution in [0.3, 0.4) is 0 Å². The Balaban J connectivity index is 2.38. The van der Waals surface area contributed by atoms with Crippen LogP contribution >= 0.6 is 0 Å². The Bertz CT molecular complexity index is 612. The molecule has 1 aliphatic carbocycles. The van der Waals surface area contributed by atoms with Crippen LogP contribution in [0.2, 0.25) is 0 Å². The Hall–Kier alpha value is -2.20. The van der Waals surface area contributed by atoms with Gasteiger partial charge in [-0.05, 0) is 12.8 Å². The summed E-state index contributed by atoms with van der Waals surface area (Å²) < 4.78 is 32.3. The van der Waals surface area contributed by atoms with Crippen LogP contribution in [-0.2, 0) is 47.6 Å². The third kappa shape index (κ3) is 6.40. The van der Waals surface area contributed by atoms with Crippen molar-refractivity contribution in [1.29, 1.82) is 0 Å². The molecule has 0 bridgehead atoms. The monoisotopic (exact) mass is 416 g/mol. The van der Waals surface area contributed by atoms with Gasteiger partial charge in [0.1, 0.15) is 0 Å². The first kappa shape index (κ1) is 23.1. The lowest BCUT2D eigenvalue weighted by atomic mass is 9.96. The average molecular weight is 416 g/mol. The van der Waals surface area contributed by atoms with Crippen LogP contribution in [0.25, 0.3) is 0 Å². The minimum absolute atomic E-state index is 0.173. The third-order valence-corrected chi connectivity index (χ3v) is 4.71. The van der Waals surface area contributed by atoms with E-state index < -0.39 is 54.6 Å². The maximum atomic E-state index is 12.3. The Labute approximate surface area is 169 Å². The third-order valence-electron chi connectivity index (χ3n) is 4.71. The summed E-state index contributed by atoms with van der Waals surface area (Å²) in [6.07, 6.45) is -2.13. The average Bonchev–Trinajstić information content (AvgIpc) is 2.65. The molecule has 0 aromatic rings. The predicted octanol–water partition coefficient (Wildman–Crippen LogP) is 1.03. The number of esters is 4. The van der Waals surface area contributed by atoms with E-state index in [1.807, 2.05) is 0 Å². The highest BCUT2D eigenvalue weighted by Crippen LogP contribution is 2.32. The van der Waals surface area contributed by atoms with Crippen molar-refractivity contribution >= 4 is 23.9 Å². The molecule has 2 fully saturated rings. The van der Waals surface area contributed by atoms with Gasteiger partial charge in [0.15, 0.2) is 30.7 Å². The van der Waals surface area contributed by atoms with Gasteiger partial charge in [0.05, 0.1) is 13.2 Å². The topological polar surface area (TPSA) is 124 Å². The van der Waals surface area contributed by atoms with Crippen LogP contribution < -0.4 is 0 Å². The Morgan fingerprint density at radius 3 is 1.79 bits per heavy atom. The van der Waals surface area contributed by atoms with E-state index in [2.05, 4.69) is 0 Å². The quantitative estimate of drug-likeness (QED) is 0.458. The predicted molar refractivity (Wildman–Crippen MR) is 95.3 cm³/mol. The first-order valence-electron chi connectivity index (χ1n) is 9.63. The van der Waals surface area contributed by atoms with Gasteiger partial charge in [0.2, 0.25) is 0 Å². The van der Waals surface area contributed by atoms with Gasteiger partial charge in [-0.25, -0.2) is 4.79 Å². The standard InChI is InChI=1S/C19H28O10/c1-10(20)25-14-15(26-11(2)21)17(27-12(3)22)19(29-16(14)18(23)24-4)28-13-8-6-5-7-9-13/h13-17,19H,5-9H2,1-4H3/t14-,15-,16-,17+,19+/m0/s1. The van der Waals surface area contributed by atoms with E-state index in [1.165, 1.54) is 6.92 Å². The molecule has 0 amide bonds. The van der Waals surface area contributed by atoms with Crippen molar-refractivity contribution < 1.29 is 47.6 Å². The molecule has 1 heterocycles. The van der Waals surface area contributed by atoms with E-state index in [9.17, 15) is 19.2 Å². The van der Waals surface area contributed by atoms with Crippen LogP contribution in [0.4, 0.5) is 0 Å². The molecule has 5 atom stereocenters. The van der Waals surface area contributed by atoms with Crippen molar-refractivity contribution in [3.63, 3.8) is 0 Å². The van der Waals surface area contributed by atoms with Gasteiger partial charge < -0.3 is 28.4 Å². The smallest absolute Gasteiger partial charge is 0.339 e. The van der Waals surface area contributed by atoms with Crippen LogP contribution in [0.5, 0.6) is 0 Å². The zero-order chi connectivity index (χ0) is 21.6. The van der Waals surface area contributed by atoms with Crippen molar-refractivity contribution in [3.05, 3.63) is 0 Å². The van der Waals surface area contributed by atoms with Crippen molar-refractivity contribution in [2.75, 3.05) is 7.11 Å². The van der Waals surface area contributed by atoms with Gasteiger partial charge in [-0.1, -0.05) is 19.3 Å². The summed E-state index contributed by atoms with van der Waals surface area (Å²) in [5.74, 6) is -2.97. The molecule has 0 aromatic carbocycles. The molecule has 10 nitrogen and oxygen atoms in total. The molecule has 164 valence electrons. The Morgan fingerprint density at radius 2 is 1.28 bits per heavy atom. The molecule has 29 heavy (non-hydrogen) atoms. The Kier molecular flexibility index (Phi) is 8.39. The molecule has 1 saturated heterocycles. The minimum atomic E-state index is -1.42. The lowest BCUT2D eigenvalue weighted by Gasteiger charge is -2.44. The molecule has 10 heteroatoms. The second-order valence-corrected chi connectivity index (χ2v) is 7.07. The fraction of sp³-hybridized carbons (Fsp3) is 0.789. The summed E-state index contributed by atoms with van der Waals surface area (Å²) in [5.41, 5.74) is 0. The zero-order valence-electron chi connectivity index (χ0n) is 17.1. The number of ether oxygens (including phenoxy) is 6. The van der Waals surface area contributed by atoms with Gasteiger partial charge >= 0.3 is 23.9 Å². The van der Waals surface area contributed by atoms with Crippen LogP contribution in [0.1, 0.15) is 52.9 Å². The maximum Gasteiger partial charge on any atom is 0.339 e. The number of carbonyl (C=O) groups is 4. The fourth-order valence-corrected chi connectivity index (χ4v) is 3.58. The fourth-order valence-electron chi connectivity index (χ4n) is 3.58. The summed E-state index contributed by atoms with van der Waals surface area (Å²) in [4.78, 5) is 47.4. The second kappa shape index (κ2) is 10.5. The SMILES string of the molecule is COC(=O)[C@H]1O[C@@H](OC2CCCCC2)[C@H](OC(C)=O)[C@@H](OC(C)=O)[C@@H]1OC(C)=O. The molecule has 2 rings (SSSR count). The molecule has 2 aliphatic rings. The minimum Gasteiger partial charge on any atom is -0.467 e. The van der Waals surface area contributed by atoms with E-state index in [1.54, 1.807) is 0 Å². The highest BCUT2D eigenvalue weighted by atomic mass is 16.7. The van der Waals surface area contributed by atoms with E-state index in [0.29, 0.717) is 0 Å². The second-order valence-electron chi connectivity index (χ2n) is 7.07. The first-order valence-corrected chi connectivity index (χ1v) is 9.63. The van der Waals surface area contributed by atoms with E-state index in [0.717, 1.165) is 53.1 Å². The molecule has 0 radical (unpaired) electrons. The normalized spacial score (nSPS) is 30.1.